The van der Waals surface area contributed by atoms with Gasteiger partial charge in [-0.3, -0.25) is 9.59 Å². The predicted octanol–water partition coefficient (Wildman–Crippen LogP) is 1.79. The summed E-state index contributed by atoms with van der Waals surface area (Å²) >= 11 is 0. The third kappa shape index (κ3) is 2.94. The quantitative estimate of drug-likeness (QED) is 0.530. The van der Waals surface area contributed by atoms with Gasteiger partial charge in [-0.25, -0.2) is 4.39 Å². The molecule has 0 aliphatic carbocycles. The van der Waals surface area contributed by atoms with Crippen LogP contribution in [0.1, 0.15) is 21.6 Å². The topological polar surface area (TPSA) is 88.9 Å². The summed E-state index contributed by atoms with van der Waals surface area (Å²) in [4.78, 5) is 23.3. The van der Waals surface area contributed by atoms with Crippen LogP contribution < -0.4 is 5.73 Å². The Bertz CT molecular complexity index is 828. The van der Waals surface area contributed by atoms with Crippen molar-refractivity contribution in [2.45, 2.75) is 0 Å². The lowest BCUT2D eigenvalue weighted by molar-refractivity contribution is -0.114. The van der Waals surface area contributed by atoms with Crippen LogP contribution in [0, 0.1) is 17.1 Å². The van der Waals surface area contributed by atoms with Crippen LogP contribution in [0.2, 0.25) is 0 Å². The van der Waals surface area contributed by atoms with Gasteiger partial charge in [-0.1, -0.05) is 12.1 Å². The maximum Gasteiger partial charge on any atom is 0.259 e. The van der Waals surface area contributed by atoms with Gasteiger partial charge in [0, 0.05) is 24.5 Å². The van der Waals surface area contributed by atoms with E-state index in [4.69, 9.17) is 11.0 Å². The number of nitrogens with zero attached hydrogens (tertiary/aromatic N) is 2. The zero-order valence-corrected chi connectivity index (χ0v) is 11.7. The molecule has 0 saturated heterocycles. The second-order valence-corrected chi connectivity index (χ2v) is 4.61. The van der Waals surface area contributed by atoms with Crippen molar-refractivity contribution in [3.05, 3.63) is 64.7 Å². The molecule has 2 N–H and O–H groups in total. The van der Waals surface area contributed by atoms with Crippen molar-refractivity contribution in [1.29, 1.82) is 5.26 Å². The molecule has 2 aromatic rings. The highest BCUT2D eigenvalue weighted by atomic mass is 19.1. The maximum absolute atomic E-state index is 13.7. The standard InChI is InChI=1S/C16H12FN3O2/c1-20-9-11(7-12(20)6-10(8-18)16(19)22)15(21)13-4-2-3-5-14(13)17/h2-7,9H,1H3,(H2,19,22)/b10-6+. The van der Waals surface area contributed by atoms with Gasteiger partial charge in [0.2, 0.25) is 0 Å². The van der Waals surface area contributed by atoms with Gasteiger partial charge in [-0.15, -0.1) is 0 Å². The first-order valence-corrected chi connectivity index (χ1v) is 6.31. The van der Waals surface area contributed by atoms with Gasteiger partial charge in [0.1, 0.15) is 17.5 Å². The largest absolute Gasteiger partial charge is 0.365 e. The average Bonchev–Trinajstić information content (AvgIpc) is 2.85. The highest BCUT2D eigenvalue weighted by Crippen LogP contribution is 2.17. The molecule has 0 atom stereocenters. The zero-order valence-electron chi connectivity index (χ0n) is 11.7. The number of halogens is 1. The van der Waals surface area contributed by atoms with Crippen molar-refractivity contribution in [1.82, 2.24) is 4.57 Å². The highest BCUT2D eigenvalue weighted by molar-refractivity contribution is 6.09. The number of aromatic nitrogens is 1. The number of amides is 1. The third-order valence-electron chi connectivity index (χ3n) is 3.10. The number of hydrogen-bond acceptors (Lipinski definition) is 3. The molecule has 0 bridgehead atoms. The summed E-state index contributed by atoms with van der Waals surface area (Å²) in [7, 11) is 1.64. The Morgan fingerprint density at radius 1 is 1.36 bits per heavy atom. The molecule has 0 saturated carbocycles. The molecule has 0 radical (unpaired) electrons. The molecule has 1 aromatic carbocycles. The number of hydrogen-bond donors (Lipinski definition) is 1. The van der Waals surface area contributed by atoms with Crippen LogP contribution in [0.25, 0.3) is 6.08 Å². The molecule has 110 valence electrons. The molecular weight excluding hydrogens is 285 g/mol. The van der Waals surface area contributed by atoms with E-state index < -0.39 is 17.5 Å². The number of ketones is 1. The molecule has 1 amide bonds. The predicted molar refractivity (Wildman–Crippen MR) is 78.0 cm³/mol. The number of benzene rings is 1. The molecule has 6 heteroatoms. The van der Waals surface area contributed by atoms with Crippen LogP contribution in [-0.2, 0) is 11.8 Å². The van der Waals surface area contributed by atoms with E-state index >= 15 is 0 Å². The third-order valence-corrected chi connectivity index (χ3v) is 3.10. The van der Waals surface area contributed by atoms with Crippen molar-refractivity contribution in [3.63, 3.8) is 0 Å². The van der Waals surface area contributed by atoms with E-state index in [2.05, 4.69) is 0 Å². The van der Waals surface area contributed by atoms with Crippen LogP contribution in [0.15, 0.2) is 42.1 Å². The van der Waals surface area contributed by atoms with Crippen molar-refractivity contribution in [2.75, 3.05) is 0 Å². The van der Waals surface area contributed by atoms with Crippen LogP contribution in [0.3, 0.4) is 0 Å². The fourth-order valence-electron chi connectivity index (χ4n) is 1.96. The van der Waals surface area contributed by atoms with Crippen molar-refractivity contribution in [3.8, 4) is 6.07 Å². The molecule has 0 aliphatic heterocycles. The Balaban J connectivity index is 2.43. The van der Waals surface area contributed by atoms with E-state index in [9.17, 15) is 14.0 Å². The first-order valence-electron chi connectivity index (χ1n) is 6.31. The summed E-state index contributed by atoms with van der Waals surface area (Å²) in [6.07, 6.45) is 2.77. The number of nitrogens with two attached hydrogens (primary N) is 1. The average molecular weight is 297 g/mol. The van der Waals surface area contributed by atoms with E-state index in [1.807, 2.05) is 0 Å². The molecule has 1 heterocycles. The number of aryl methyl sites for hydroxylation is 1. The fourth-order valence-corrected chi connectivity index (χ4v) is 1.96. The lowest BCUT2D eigenvalue weighted by Crippen LogP contribution is -2.12. The summed E-state index contributed by atoms with van der Waals surface area (Å²) in [5, 5.41) is 8.83. The van der Waals surface area contributed by atoms with E-state index in [0.717, 1.165) is 0 Å². The van der Waals surface area contributed by atoms with Crippen molar-refractivity contribution >= 4 is 17.8 Å². The highest BCUT2D eigenvalue weighted by Gasteiger charge is 2.16. The summed E-state index contributed by atoms with van der Waals surface area (Å²) in [6, 6.07) is 8.82. The normalized spacial score (nSPS) is 11.0. The Labute approximate surface area is 126 Å². The summed E-state index contributed by atoms with van der Waals surface area (Å²) in [5.74, 6) is -1.94. The smallest absolute Gasteiger partial charge is 0.259 e. The van der Waals surface area contributed by atoms with E-state index in [0.29, 0.717) is 5.69 Å². The number of rotatable bonds is 4. The van der Waals surface area contributed by atoms with Gasteiger partial charge in [-0.05, 0) is 24.3 Å². The van der Waals surface area contributed by atoms with Crippen molar-refractivity contribution in [2.24, 2.45) is 12.8 Å². The Morgan fingerprint density at radius 3 is 2.64 bits per heavy atom. The van der Waals surface area contributed by atoms with E-state index in [1.165, 1.54) is 36.5 Å². The van der Waals surface area contributed by atoms with Gasteiger partial charge < -0.3 is 10.3 Å². The summed E-state index contributed by atoms with van der Waals surface area (Å²) < 4.78 is 15.2. The molecule has 22 heavy (non-hydrogen) atoms. The van der Waals surface area contributed by atoms with Gasteiger partial charge in [-0.2, -0.15) is 5.26 Å². The fraction of sp³-hybridized carbons (Fsp3) is 0.0625. The van der Waals surface area contributed by atoms with Gasteiger partial charge in [0.25, 0.3) is 5.91 Å². The van der Waals surface area contributed by atoms with E-state index in [1.54, 1.807) is 23.8 Å². The summed E-state index contributed by atoms with van der Waals surface area (Å²) in [6.45, 7) is 0. The van der Waals surface area contributed by atoms with Gasteiger partial charge in [0.15, 0.2) is 5.78 Å². The van der Waals surface area contributed by atoms with Crippen LogP contribution in [-0.4, -0.2) is 16.3 Å². The lowest BCUT2D eigenvalue weighted by atomic mass is 10.1. The van der Waals surface area contributed by atoms with Gasteiger partial charge >= 0.3 is 0 Å². The SMILES string of the molecule is Cn1cc(C(=O)c2ccccc2F)cc1/C=C(\C#N)C(N)=O. The minimum absolute atomic E-state index is 0.0426. The monoisotopic (exact) mass is 297 g/mol. The molecule has 5 nitrogen and oxygen atoms in total. The molecule has 2 rings (SSSR count). The maximum atomic E-state index is 13.7. The second-order valence-electron chi connectivity index (χ2n) is 4.61. The molecular formula is C16H12FN3O2. The van der Waals surface area contributed by atoms with Gasteiger partial charge in [0.05, 0.1) is 5.56 Å². The number of primary amides is 1. The Hall–Kier alpha value is -3.20. The van der Waals surface area contributed by atoms with Crippen LogP contribution >= 0.6 is 0 Å². The van der Waals surface area contributed by atoms with E-state index in [-0.39, 0.29) is 16.7 Å². The summed E-state index contributed by atoms with van der Waals surface area (Å²) in [5.41, 5.74) is 5.48. The number of carbonyl (C=O) groups excluding carboxylic acids is 2. The molecule has 0 spiro atoms. The number of carbonyl (C=O) groups is 2. The first-order chi connectivity index (χ1) is 10.4. The Kier molecular flexibility index (Phi) is 4.18. The molecule has 0 fully saturated rings. The second kappa shape index (κ2) is 6.06. The molecule has 1 aromatic heterocycles. The van der Waals surface area contributed by atoms with Crippen molar-refractivity contribution < 1.29 is 14.0 Å². The molecule has 0 unspecified atom stereocenters. The van der Waals surface area contributed by atoms with Crippen LogP contribution in [0.5, 0.6) is 0 Å². The minimum atomic E-state index is -0.856. The Morgan fingerprint density at radius 2 is 2.05 bits per heavy atom. The lowest BCUT2D eigenvalue weighted by Gasteiger charge is -1.99. The minimum Gasteiger partial charge on any atom is -0.365 e. The first kappa shape index (κ1) is 15.2. The number of nitriles is 1. The zero-order chi connectivity index (χ0) is 16.3. The molecule has 0 aliphatic rings. The van der Waals surface area contributed by atoms with Crippen LogP contribution in [0.4, 0.5) is 4.39 Å².